The van der Waals surface area contributed by atoms with Gasteiger partial charge in [0.1, 0.15) is 45.9 Å². The molecule has 5 aliphatic rings. The van der Waals surface area contributed by atoms with E-state index in [9.17, 15) is 5.11 Å². The zero-order chi connectivity index (χ0) is 32.5. The summed E-state index contributed by atoms with van der Waals surface area (Å²) in [7, 11) is 0. The molecule has 5 aliphatic heterocycles. The second kappa shape index (κ2) is 14.9. The number of rotatable bonds is 13. The monoisotopic (exact) mass is 730 g/mol. The summed E-state index contributed by atoms with van der Waals surface area (Å²) in [5, 5.41) is 11.3. The van der Waals surface area contributed by atoms with Crippen molar-refractivity contribution in [2.24, 2.45) is 5.41 Å². The van der Waals surface area contributed by atoms with Crippen LogP contribution in [0.15, 0.2) is 23.5 Å². The Bertz CT molecular complexity index is 1450. The topological polar surface area (TPSA) is 84.8 Å². The van der Waals surface area contributed by atoms with Crippen molar-refractivity contribution < 1.29 is 38.3 Å². The molecule has 0 radical (unpaired) electrons. The Hall–Kier alpha value is -0.960. The molecule has 0 spiro atoms. The van der Waals surface area contributed by atoms with E-state index in [2.05, 4.69) is 41.5 Å². The fraction of sp³-hybridized carbons (Fsp3) is 0.697. The lowest BCUT2D eigenvalue weighted by atomic mass is 9.76. The molecule has 0 bridgehead atoms. The predicted molar refractivity (Wildman–Crippen MR) is 192 cm³/mol. The second-order valence-electron chi connectivity index (χ2n) is 12.6. The van der Waals surface area contributed by atoms with Gasteiger partial charge in [-0.05, 0) is 30.9 Å². The fourth-order valence-corrected chi connectivity index (χ4v) is 13.5. The van der Waals surface area contributed by atoms with Crippen LogP contribution in [-0.2, 0) is 23.7 Å². The summed E-state index contributed by atoms with van der Waals surface area (Å²) < 4.78 is 45.2. The molecule has 1 N–H and O–H groups in total. The average Bonchev–Trinajstić information content (AvgIpc) is 3.38. The molecule has 4 unspecified atom stereocenters. The van der Waals surface area contributed by atoms with Gasteiger partial charge in [0.15, 0.2) is 28.8 Å². The Balaban J connectivity index is 1.40. The maximum Gasteiger partial charge on any atom is 0.181 e. The molecule has 0 saturated carbocycles. The molecule has 1 fully saturated rings. The molecule has 6 rings (SSSR count). The Morgan fingerprint density at radius 2 is 1.80 bits per heavy atom. The summed E-state index contributed by atoms with van der Waals surface area (Å²) in [6, 6.07) is 0. The van der Waals surface area contributed by atoms with Gasteiger partial charge >= 0.3 is 0 Å². The summed E-state index contributed by atoms with van der Waals surface area (Å²) in [6.07, 6.45) is 2.84. The first-order chi connectivity index (χ1) is 22.2. The minimum absolute atomic E-state index is 0.0639. The molecule has 1 saturated heterocycles. The lowest BCUT2D eigenvalue weighted by molar-refractivity contribution is 0.0106. The first kappa shape index (κ1) is 34.9. The van der Waals surface area contributed by atoms with E-state index in [0.29, 0.717) is 70.3 Å². The van der Waals surface area contributed by atoms with Crippen LogP contribution in [0, 0.1) is 5.41 Å². The molecule has 5 atom stereocenters. The zero-order valence-electron chi connectivity index (χ0n) is 27.5. The number of hydrogen-bond acceptors (Lipinski definition) is 13. The molecule has 0 aromatic carbocycles. The number of fused-ring (bicyclic) bond motifs is 1. The molecular weight excluding hydrogens is 685 g/mol. The molecule has 6 heterocycles. The highest BCUT2D eigenvalue weighted by Gasteiger charge is 2.61. The van der Waals surface area contributed by atoms with Crippen LogP contribution in [0.4, 0.5) is 0 Å². The SMILES string of the molecule is CCCOCC(O)CC(C)(C)[C@]1(C)SC1S/C(C1=COCCO1)=c1/s/c(=C2/SC(C(C)SCC)C3=C2OCCO3)c2c1OCCO2. The van der Waals surface area contributed by atoms with Crippen LogP contribution in [-0.4, -0.2) is 89.6 Å². The van der Waals surface area contributed by atoms with Crippen molar-refractivity contribution in [1.82, 2.24) is 0 Å². The predicted octanol–water partition coefficient (Wildman–Crippen LogP) is 5.91. The summed E-state index contributed by atoms with van der Waals surface area (Å²) in [5.74, 6) is 5.07. The van der Waals surface area contributed by atoms with Gasteiger partial charge < -0.3 is 38.3 Å². The first-order valence-electron chi connectivity index (χ1n) is 16.2. The van der Waals surface area contributed by atoms with E-state index in [4.69, 9.17) is 33.2 Å². The quantitative estimate of drug-likeness (QED) is 0.194. The summed E-state index contributed by atoms with van der Waals surface area (Å²) in [6.45, 7) is 17.5. The number of hydrogen-bond donors (Lipinski definition) is 1. The minimum Gasteiger partial charge on any atom is -0.494 e. The van der Waals surface area contributed by atoms with Crippen molar-refractivity contribution in [2.45, 2.75) is 80.3 Å². The van der Waals surface area contributed by atoms with Crippen molar-refractivity contribution in [3.05, 3.63) is 32.6 Å². The number of thiophene rings is 1. The minimum atomic E-state index is -0.503. The zero-order valence-corrected chi connectivity index (χ0v) is 31.6. The lowest BCUT2D eigenvalue weighted by Crippen LogP contribution is -2.36. The third-order valence-corrected chi connectivity index (χ3v) is 16.8. The van der Waals surface area contributed by atoms with Crippen LogP contribution < -0.4 is 18.5 Å². The fourth-order valence-electron chi connectivity index (χ4n) is 5.96. The third kappa shape index (κ3) is 7.03. The molecule has 8 nitrogen and oxygen atoms in total. The molecule has 13 heteroatoms. The van der Waals surface area contributed by atoms with Crippen molar-refractivity contribution in [3.8, 4) is 11.5 Å². The molecule has 0 aliphatic carbocycles. The Labute approximate surface area is 293 Å². The molecule has 0 amide bonds. The smallest absolute Gasteiger partial charge is 0.181 e. The largest absolute Gasteiger partial charge is 0.494 e. The number of ether oxygens (including phenoxy) is 7. The summed E-state index contributed by atoms with van der Waals surface area (Å²) in [4.78, 5) is 2.05. The van der Waals surface area contributed by atoms with E-state index >= 15 is 0 Å². The van der Waals surface area contributed by atoms with Gasteiger partial charge in [-0.2, -0.15) is 11.8 Å². The Morgan fingerprint density at radius 3 is 2.54 bits per heavy atom. The van der Waals surface area contributed by atoms with Crippen LogP contribution >= 0.6 is 58.4 Å². The van der Waals surface area contributed by atoms with Gasteiger partial charge in [-0.1, -0.05) is 34.6 Å². The number of thioether (sulfide) groups is 4. The number of aliphatic hydroxyl groups is 1. The van der Waals surface area contributed by atoms with Gasteiger partial charge in [-0.15, -0.1) is 46.6 Å². The second-order valence-corrected chi connectivity index (χ2v) is 19.4. The maximum atomic E-state index is 10.8. The molecule has 256 valence electrons. The van der Waals surface area contributed by atoms with Gasteiger partial charge in [-0.3, -0.25) is 0 Å². The average molecular weight is 731 g/mol. The standard InChI is InChI=1S/C33H46O8S5/c1-7-9-35-17-20(34)16-32(4,5)33(6)31(46-33)45-27(21-18-36-10-11-37-21)28-24-25(41-15-14-40-24)30(44-28)29-23-22(38-12-13-39-23)26(43-29)19(3)42-8-2/h18-20,26,31,34H,7-17H2,1-6H3/b28-27+,30-29+/t19?,20?,26?,31?,33-/m1/s1. The maximum absolute atomic E-state index is 10.8. The Kier molecular flexibility index (Phi) is 11.3. The van der Waals surface area contributed by atoms with E-state index in [0.717, 1.165) is 54.1 Å². The van der Waals surface area contributed by atoms with E-state index in [1.807, 2.05) is 35.3 Å². The van der Waals surface area contributed by atoms with Gasteiger partial charge in [-0.25, -0.2) is 0 Å². The lowest BCUT2D eigenvalue weighted by Gasteiger charge is -2.33. The summed E-state index contributed by atoms with van der Waals surface area (Å²) >= 11 is 9.16. The van der Waals surface area contributed by atoms with E-state index in [-0.39, 0.29) is 20.0 Å². The summed E-state index contributed by atoms with van der Waals surface area (Å²) in [5.41, 5.74) is -0.132. The van der Waals surface area contributed by atoms with Crippen molar-refractivity contribution in [2.75, 3.05) is 58.6 Å². The normalized spacial score (nSPS) is 28.6. The van der Waals surface area contributed by atoms with Crippen LogP contribution in [0.5, 0.6) is 11.5 Å². The highest BCUT2D eigenvalue weighted by Crippen LogP contribution is 2.70. The van der Waals surface area contributed by atoms with Gasteiger partial charge in [0, 0.05) is 16.6 Å². The van der Waals surface area contributed by atoms with E-state index < -0.39 is 6.10 Å². The van der Waals surface area contributed by atoms with Crippen molar-refractivity contribution >= 4 is 68.2 Å². The van der Waals surface area contributed by atoms with Gasteiger partial charge in [0.05, 0.1) is 41.4 Å². The highest BCUT2D eigenvalue weighted by molar-refractivity contribution is 8.28. The van der Waals surface area contributed by atoms with Crippen LogP contribution in [0.1, 0.15) is 54.4 Å². The third-order valence-electron chi connectivity index (χ3n) is 8.78. The molecule has 1 aromatic rings. The van der Waals surface area contributed by atoms with E-state index in [1.165, 1.54) is 0 Å². The molecule has 46 heavy (non-hydrogen) atoms. The highest BCUT2D eigenvalue weighted by atomic mass is 32.2. The Morgan fingerprint density at radius 1 is 1.07 bits per heavy atom. The number of aliphatic hydroxyl groups excluding tert-OH is 1. The van der Waals surface area contributed by atoms with Crippen LogP contribution in [0.25, 0.3) is 9.81 Å². The molecule has 1 aromatic heterocycles. The molecular formula is C33H46O8S5. The van der Waals surface area contributed by atoms with Crippen molar-refractivity contribution in [3.63, 3.8) is 0 Å². The van der Waals surface area contributed by atoms with Crippen LogP contribution in [0.3, 0.4) is 0 Å². The van der Waals surface area contributed by atoms with Gasteiger partial charge in [0.25, 0.3) is 0 Å². The van der Waals surface area contributed by atoms with Gasteiger partial charge in [0.2, 0.25) is 0 Å². The first-order valence-corrected chi connectivity index (χ1v) is 20.7. The van der Waals surface area contributed by atoms with E-state index in [1.54, 1.807) is 29.4 Å². The van der Waals surface area contributed by atoms with Crippen LogP contribution in [0.2, 0.25) is 0 Å². The van der Waals surface area contributed by atoms with Crippen molar-refractivity contribution in [1.29, 1.82) is 0 Å².